The van der Waals surface area contributed by atoms with Gasteiger partial charge in [-0.05, 0) is 80.4 Å². The Kier molecular flexibility index (Phi) is 8.12. The summed E-state index contributed by atoms with van der Waals surface area (Å²) in [5, 5.41) is 13.6. The van der Waals surface area contributed by atoms with Gasteiger partial charge < -0.3 is 14.4 Å². The summed E-state index contributed by atoms with van der Waals surface area (Å²) < 4.78 is 24.6. The van der Waals surface area contributed by atoms with Crippen LogP contribution in [0.3, 0.4) is 0 Å². The molecule has 2 heterocycles. The lowest BCUT2D eigenvalue weighted by Gasteiger charge is -2.16. The quantitative estimate of drug-likeness (QED) is 0.222. The Morgan fingerprint density at radius 1 is 1.20 bits per heavy atom. The van der Waals surface area contributed by atoms with E-state index in [0.29, 0.717) is 41.6 Å². The Morgan fingerprint density at radius 3 is 2.69 bits per heavy atom. The molecule has 0 radical (unpaired) electrons. The van der Waals surface area contributed by atoms with E-state index in [1.807, 2.05) is 13.0 Å². The minimum atomic E-state index is -1.02. The van der Waals surface area contributed by atoms with Crippen molar-refractivity contribution in [1.82, 2.24) is 15.5 Å². The molecule has 2 aromatic carbocycles. The molecule has 184 valence electrons. The zero-order chi connectivity index (χ0) is 24.6. The van der Waals surface area contributed by atoms with Gasteiger partial charge in [0.25, 0.3) is 0 Å². The summed E-state index contributed by atoms with van der Waals surface area (Å²) in [6, 6.07) is 12.6. The number of nitrogens with one attached hydrogen (secondary N) is 1. The van der Waals surface area contributed by atoms with Crippen molar-refractivity contribution < 1.29 is 28.4 Å². The molecule has 1 aliphatic rings. The van der Waals surface area contributed by atoms with Crippen LogP contribution in [0.2, 0.25) is 0 Å². The van der Waals surface area contributed by atoms with Crippen LogP contribution in [-0.2, 0) is 11.4 Å². The van der Waals surface area contributed by atoms with Crippen molar-refractivity contribution in [2.24, 2.45) is 0 Å². The lowest BCUT2D eigenvalue weighted by Crippen LogP contribution is -2.18. The number of hydroxylamine groups is 1. The number of likely N-dealkylation sites (tertiary alicyclic amines) is 1. The standard InChI is InChI=1S/C26H28FN3O5/c1-2-11-34-28-24(25-15-23(29-35-25)19-5-7-21(27)8-6-19)17-33-22-13-18(12-20(14-22)26(31)32)16-30-9-3-4-10-30/h5-8,12-15,17,28H,2-4,9-11,16H2,1H3,(H,31,32). The molecule has 8 nitrogen and oxygen atoms in total. The van der Waals surface area contributed by atoms with Gasteiger partial charge in [-0.2, -0.15) is 0 Å². The Hall–Kier alpha value is -3.69. The highest BCUT2D eigenvalue weighted by atomic mass is 19.1. The Labute approximate surface area is 202 Å². The number of carboxylic acid groups (broad SMARTS) is 1. The van der Waals surface area contributed by atoms with Gasteiger partial charge in [-0.1, -0.05) is 12.1 Å². The normalized spacial score (nSPS) is 14.3. The lowest BCUT2D eigenvalue weighted by atomic mass is 10.1. The van der Waals surface area contributed by atoms with E-state index in [9.17, 15) is 14.3 Å². The second-order valence-electron chi connectivity index (χ2n) is 8.34. The summed E-state index contributed by atoms with van der Waals surface area (Å²) in [4.78, 5) is 19.4. The summed E-state index contributed by atoms with van der Waals surface area (Å²) in [5.74, 6) is -0.640. The molecule has 2 N–H and O–H groups in total. The summed E-state index contributed by atoms with van der Waals surface area (Å²) in [5.41, 5.74) is 5.40. The molecule has 1 aliphatic heterocycles. The van der Waals surface area contributed by atoms with Gasteiger partial charge in [0.05, 0.1) is 12.2 Å². The van der Waals surface area contributed by atoms with Crippen molar-refractivity contribution in [3.8, 4) is 17.0 Å². The minimum absolute atomic E-state index is 0.153. The minimum Gasteiger partial charge on any atom is -0.478 e. The third kappa shape index (κ3) is 6.68. The fourth-order valence-corrected chi connectivity index (χ4v) is 3.79. The number of nitrogens with zero attached hydrogens (tertiary/aromatic N) is 2. The Balaban J connectivity index is 1.57. The van der Waals surface area contributed by atoms with Crippen molar-refractivity contribution in [2.45, 2.75) is 32.7 Å². The molecule has 1 saturated heterocycles. The fraction of sp³-hybridized carbons (Fsp3) is 0.308. The van der Waals surface area contributed by atoms with Crippen molar-refractivity contribution >= 4 is 11.7 Å². The van der Waals surface area contributed by atoms with E-state index in [2.05, 4.69) is 15.5 Å². The van der Waals surface area contributed by atoms with Crippen LogP contribution in [0.1, 0.15) is 47.9 Å². The topological polar surface area (TPSA) is 97.1 Å². The second-order valence-corrected chi connectivity index (χ2v) is 8.34. The SMILES string of the molecule is CCCONC(=COc1cc(CN2CCCC2)cc(C(=O)O)c1)c1cc(-c2ccc(F)cc2)no1. The molecule has 0 aliphatic carbocycles. The average molecular weight is 482 g/mol. The first kappa shape index (κ1) is 24.4. The lowest BCUT2D eigenvalue weighted by molar-refractivity contribution is 0.0696. The zero-order valence-electron chi connectivity index (χ0n) is 19.5. The van der Waals surface area contributed by atoms with Crippen molar-refractivity contribution in [3.63, 3.8) is 0 Å². The van der Waals surface area contributed by atoms with E-state index >= 15 is 0 Å². The number of rotatable bonds is 11. The predicted octanol–water partition coefficient (Wildman–Crippen LogP) is 5.08. The third-order valence-electron chi connectivity index (χ3n) is 5.53. The number of aromatic nitrogens is 1. The van der Waals surface area contributed by atoms with Gasteiger partial charge in [0.2, 0.25) is 0 Å². The number of aromatic carboxylic acids is 1. The molecule has 0 saturated carbocycles. The zero-order valence-corrected chi connectivity index (χ0v) is 19.5. The van der Waals surface area contributed by atoms with E-state index in [4.69, 9.17) is 14.1 Å². The van der Waals surface area contributed by atoms with Gasteiger partial charge in [-0.3, -0.25) is 15.2 Å². The van der Waals surface area contributed by atoms with E-state index in [1.54, 1.807) is 24.3 Å². The second kappa shape index (κ2) is 11.6. The van der Waals surface area contributed by atoms with Crippen LogP contribution in [0.25, 0.3) is 17.0 Å². The molecule has 1 fully saturated rings. The van der Waals surface area contributed by atoms with E-state index < -0.39 is 5.97 Å². The van der Waals surface area contributed by atoms with Gasteiger partial charge in [-0.15, -0.1) is 0 Å². The maximum absolute atomic E-state index is 13.3. The fourth-order valence-electron chi connectivity index (χ4n) is 3.79. The number of halogens is 1. The van der Waals surface area contributed by atoms with Crippen LogP contribution >= 0.6 is 0 Å². The Morgan fingerprint density at radius 2 is 1.97 bits per heavy atom. The maximum Gasteiger partial charge on any atom is 0.335 e. The first-order valence-electron chi connectivity index (χ1n) is 11.6. The van der Waals surface area contributed by atoms with Gasteiger partial charge in [0.15, 0.2) is 5.76 Å². The van der Waals surface area contributed by atoms with Crippen molar-refractivity contribution in [1.29, 1.82) is 0 Å². The average Bonchev–Trinajstić information content (AvgIpc) is 3.54. The number of carboxylic acids is 1. The van der Waals surface area contributed by atoms with Gasteiger partial charge in [0, 0.05) is 18.2 Å². The van der Waals surface area contributed by atoms with Crippen LogP contribution in [0.5, 0.6) is 5.75 Å². The first-order chi connectivity index (χ1) is 17.0. The smallest absolute Gasteiger partial charge is 0.335 e. The molecule has 0 spiro atoms. The molecule has 0 unspecified atom stereocenters. The van der Waals surface area contributed by atoms with Gasteiger partial charge >= 0.3 is 5.97 Å². The molecule has 1 aromatic heterocycles. The molecule has 4 rings (SSSR count). The van der Waals surface area contributed by atoms with E-state index in [0.717, 1.165) is 37.9 Å². The number of benzene rings is 2. The maximum atomic E-state index is 13.3. The molecule has 9 heteroatoms. The van der Waals surface area contributed by atoms with Crippen LogP contribution in [-0.4, -0.2) is 40.8 Å². The molecule has 3 aromatic rings. The number of hydrogen-bond donors (Lipinski definition) is 2. The molecule has 0 atom stereocenters. The number of ether oxygens (including phenoxy) is 1. The van der Waals surface area contributed by atoms with Crippen LogP contribution in [0, 0.1) is 5.82 Å². The summed E-state index contributed by atoms with van der Waals surface area (Å²) in [7, 11) is 0. The molecule has 0 bridgehead atoms. The van der Waals surface area contributed by atoms with Crippen LogP contribution in [0.4, 0.5) is 4.39 Å². The highest BCUT2D eigenvalue weighted by Crippen LogP contribution is 2.25. The highest BCUT2D eigenvalue weighted by molar-refractivity contribution is 5.88. The van der Waals surface area contributed by atoms with Crippen LogP contribution in [0.15, 0.2) is 59.3 Å². The number of hydrogen-bond acceptors (Lipinski definition) is 7. The largest absolute Gasteiger partial charge is 0.478 e. The highest BCUT2D eigenvalue weighted by Gasteiger charge is 2.16. The van der Waals surface area contributed by atoms with Gasteiger partial charge in [0.1, 0.15) is 29.2 Å². The molecular weight excluding hydrogens is 453 g/mol. The van der Waals surface area contributed by atoms with Crippen LogP contribution < -0.4 is 10.2 Å². The molecular formula is C26H28FN3O5. The van der Waals surface area contributed by atoms with E-state index in [1.165, 1.54) is 24.5 Å². The monoisotopic (exact) mass is 481 g/mol. The van der Waals surface area contributed by atoms with E-state index in [-0.39, 0.29) is 11.4 Å². The summed E-state index contributed by atoms with van der Waals surface area (Å²) in [6.07, 6.45) is 4.48. The van der Waals surface area contributed by atoms with Gasteiger partial charge in [-0.25, -0.2) is 9.18 Å². The molecule has 0 amide bonds. The number of carbonyl (C=O) groups is 1. The third-order valence-corrected chi connectivity index (χ3v) is 5.53. The first-order valence-corrected chi connectivity index (χ1v) is 11.6. The Bertz CT molecular complexity index is 1170. The molecule has 35 heavy (non-hydrogen) atoms. The van der Waals surface area contributed by atoms with Crippen molar-refractivity contribution in [2.75, 3.05) is 19.7 Å². The summed E-state index contributed by atoms with van der Waals surface area (Å²) in [6.45, 7) is 5.08. The summed E-state index contributed by atoms with van der Waals surface area (Å²) >= 11 is 0. The van der Waals surface area contributed by atoms with Crippen molar-refractivity contribution in [3.05, 3.63) is 77.5 Å². The predicted molar refractivity (Wildman–Crippen MR) is 128 cm³/mol.